The van der Waals surface area contributed by atoms with Crippen LogP contribution in [0.5, 0.6) is 11.5 Å². The van der Waals surface area contributed by atoms with Crippen molar-refractivity contribution in [1.29, 1.82) is 0 Å². The molecule has 162 valence electrons. The Morgan fingerprint density at radius 1 is 1.06 bits per heavy atom. The highest BCUT2D eigenvalue weighted by molar-refractivity contribution is 14.1. The maximum absolute atomic E-state index is 12.3. The molecule has 3 aromatic carbocycles. The van der Waals surface area contributed by atoms with Gasteiger partial charge in [-0.05, 0) is 86.1 Å². The van der Waals surface area contributed by atoms with Crippen LogP contribution in [0.4, 0.5) is 0 Å². The van der Waals surface area contributed by atoms with Crippen molar-refractivity contribution in [2.24, 2.45) is 4.99 Å². The van der Waals surface area contributed by atoms with E-state index in [1.807, 2.05) is 54.6 Å². The number of hydrogen-bond donors (Lipinski definition) is 0. The predicted octanol–water partition coefficient (Wildman–Crippen LogP) is 6.03. The van der Waals surface area contributed by atoms with Crippen molar-refractivity contribution in [3.05, 3.63) is 97.2 Å². The molecule has 32 heavy (non-hydrogen) atoms. The van der Waals surface area contributed by atoms with E-state index in [-0.39, 0.29) is 11.6 Å². The maximum Gasteiger partial charge on any atom is 0.363 e. The molecule has 0 N–H and O–H groups in total. The molecule has 0 bridgehead atoms. The molecule has 0 unspecified atom stereocenters. The molecule has 1 aliphatic heterocycles. The molecular weight excluding hydrogens is 585 g/mol. The van der Waals surface area contributed by atoms with E-state index >= 15 is 0 Å². The van der Waals surface area contributed by atoms with E-state index < -0.39 is 5.97 Å². The molecule has 1 heterocycles. The summed E-state index contributed by atoms with van der Waals surface area (Å²) < 4.78 is 18.7. The van der Waals surface area contributed by atoms with E-state index in [1.54, 1.807) is 13.2 Å². The monoisotopic (exact) mass is 603 g/mol. The number of nitrogens with zero attached hydrogens (tertiary/aromatic N) is 1. The zero-order valence-corrected chi connectivity index (χ0v) is 20.9. The zero-order valence-electron chi connectivity index (χ0n) is 17.2. The molecule has 0 spiro atoms. The lowest BCUT2D eigenvalue weighted by Crippen LogP contribution is -2.05. The molecule has 0 amide bonds. The Hall–Kier alpha value is -2.65. The van der Waals surface area contributed by atoms with E-state index in [1.165, 1.54) is 5.56 Å². The van der Waals surface area contributed by atoms with Crippen LogP contribution >= 0.6 is 38.5 Å². The van der Waals surface area contributed by atoms with Gasteiger partial charge in [0.25, 0.3) is 0 Å². The Labute approximate surface area is 208 Å². The second-order valence-electron chi connectivity index (χ2n) is 6.96. The fourth-order valence-corrected chi connectivity index (χ4v) is 3.85. The van der Waals surface area contributed by atoms with Crippen LogP contribution in [0, 0.1) is 3.57 Å². The number of ether oxygens (including phenoxy) is 3. The first kappa shape index (κ1) is 22.5. The number of benzene rings is 3. The van der Waals surface area contributed by atoms with Gasteiger partial charge in [0.05, 0.1) is 13.7 Å². The molecule has 0 atom stereocenters. The largest absolute Gasteiger partial charge is 0.493 e. The summed E-state index contributed by atoms with van der Waals surface area (Å²) in [4.78, 5) is 16.7. The molecule has 0 fully saturated rings. The third kappa shape index (κ3) is 5.39. The first-order chi connectivity index (χ1) is 15.5. The van der Waals surface area contributed by atoms with E-state index in [9.17, 15) is 4.79 Å². The average molecular weight is 604 g/mol. The quantitative estimate of drug-likeness (QED) is 0.188. The van der Waals surface area contributed by atoms with Gasteiger partial charge in [-0.2, -0.15) is 0 Å². The number of rotatable bonds is 7. The normalized spacial score (nSPS) is 14.3. The summed E-state index contributed by atoms with van der Waals surface area (Å²) >= 11 is 5.71. The van der Waals surface area contributed by atoms with Crippen LogP contribution in [0.3, 0.4) is 0 Å². The van der Waals surface area contributed by atoms with Crippen LogP contribution in [-0.2, 0) is 16.0 Å². The average Bonchev–Trinajstić information content (AvgIpc) is 3.17. The van der Waals surface area contributed by atoms with Crippen LogP contribution in [0.15, 0.2) is 81.9 Å². The molecular formula is C25H19BrINO4. The summed E-state index contributed by atoms with van der Waals surface area (Å²) in [6, 6.07) is 21.3. The number of aliphatic imine (C=N–C) groups is 1. The second kappa shape index (κ2) is 10.3. The Morgan fingerprint density at radius 2 is 1.88 bits per heavy atom. The topological polar surface area (TPSA) is 57.1 Å². The summed E-state index contributed by atoms with van der Waals surface area (Å²) in [6.07, 6.45) is 2.47. The number of hydrogen-bond acceptors (Lipinski definition) is 5. The third-order valence-electron chi connectivity index (χ3n) is 4.77. The Balaban J connectivity index is 1.50. The molecule has 1 aliphatic rings. The number of methoxy groups -OCH3 is 1. The molecule has 0 radical (unpaired) electrons. The zero-order chi connectivity index (χ0) is 22.5. The Kier molecular flexibility index (Phi) is 7.26. The summed E-state index contributed by atoms with van der Waals surface area (Å²) in [5.74, 6) is 1.03. The van der Waals surface area contributed by atoms with Crippen LogP contribution in [0.1, 0.15) is 16.7 Å². The number of carbonyl (C=O) groups is 1. The van der Waals surface area contributed by atoms with Gasteiger partial charge in [0.1, 0.15) is 0 Å². The molecule has 3 aromatic rings. The number of cyclic esters (lactones) is 1. The smallest absolute Gasteiger partial charge is 0.363 e. The highest BCUT2D eigenvalue weighted by Gasteiger charge is 2.24. The van der Waals surface area contributed by atoms with Crippen molar-refractivity contribution < 1.29 is 19.0 Å². The first-order valence-corrected chi connectivity index (χ1v) is 11.7. The fraction of sp³-hybridized carbons (Fsp3) is 0.120. The van der Waals surface area contributed by atoms with Crippen molar-refractivity contribution >= 4 is 56.5 Å². The molecule has 0 saturated carbocycles. The maximum atomic E-state index is 12.3. The molecule has 7 heteroatoms. The lowest BCUT2D eigenvalue weighted by atomic mass is 10.1. The molecule has 5 nitrogen and oxygen atoms in total. The Morgan fingerprint density at radius 3 is 2.62 bits per heavy atom. The number of esters is 1. The minimum absolute atomic E-state index is 0.231. The van der Waals surface area contributed by atoms with Gasteiger partial charge in [-0.15, -0.1) is 0 Å². The van der Waals surface area contributed by atoms with Crippen molar-refractivity contribution in [2.75, 3.05) is 13.7 Å². The molecule has 4 rings (SSSR count). The minimum atomic E-state index is -0.489. The number of carbonyl (C=O) groups excluding carboxylic acids is 1. The van der Waals surface area contributed by atoms with E-state index in [4.69, 9.17) is 14.2 Å². The lowest BCUT2D eigenvalue weighted by molar-refractivity contribution is -0.129. The van der Waals surface area contributed by atoms with Gasteiger partial charge >= 0.3 is 5.97 Å². The second-order valence-corrected chi connectivity index (χ2v) is 8.98. The van der Waals surface area contributed by atoms with Crippen molar-refractivity contribution in [3.63, 3.8) is 0 Å². The summed E-state index contributed by atoms with van der Waals surface area (Å²) in [7, 11) is 1.59. The lowest BCUT2D eigenvalue weighted by Gasteiger charge is -2.11. The van der Waals surface area contributed by atoms with Gasteiger partial charge in [-0.25, -0.2) is 9.79 Å². The Bertz CT molecular complexity index is 1210. The highest BCUT2D eigenvalue weighted by atomic mass is 127. The van der Waals surface area contributed by atoms with Gasteiger partial charge in [0, 0.05) is 20.0 Å². The van der Waals surface area contributed by atoms with E-state index in [2.05, 4.69) is 55.6 Å². The predicted molar refractivity (Wildman–Crippen MR) is 136 cm³/mol. The molecule has 0 aromatic heterocycles. The van der Waals surface area contributed by atoms with Gasteiger partial charge in [-0.1, -0.05) is 36.4 Å². The van der Waals surface area contributed by atoms with Crippen LogP contribution in [0.25, 0.3) is 6.08 Å². The fourth-order valence-electron chi connectivity index (χ4n) is 3.14. The van der Waals surface area contributed by atoms with Gasteiger partial charge < -0.3 is 14.2 Å². The SMILES string of the molecule is COc1cc(/C=C2\N=C(c3ccc(I)c(Br)c3)OC2=O)ccc1OCCc1ccccc1. The summed E-state index contributed by atoms with van der Waals surface area (Å²) in [5.41, 5.74) is 2.93. The van der Waals surface area contributed by atoms with Crippen LogP contribution < -0.4 is 9.47 Å². The minimum Gasteiger partial charge on any atom is -0.493 e. The number of halogens is 2. The van der Waals surface area contributed by atoms with Gasteiger partial charge in [0.15, 0.2) is 17.2 Å². The highest BCUT2D eigenvalue weighted by Crippen LogP contribution is 2.30. The van der Waals surface area contributed by atoms with Crippen LogP contribution in [-0.4, -0.2) is 25.6 Å². The summed E-state index contributed by atoms with van der Waals surface area (Å²) in [5, 5.41) is 0. The molecule has 0 saturated heterocycles. The van der Waals surface area contributed by atoms with Crippen molar-refractivity contribution in [1.82, 2.24) is 0 Å². The van der Waals surface area contributed by atoms with E-state index in [0.29, 0.717) is 18.1 Å². The van der Waals surface area contributed by atoms with Crippen molar-refractivity contribution in [3.8, 4) is 11.5 Å². The van der Waals surface area contributed by atoms with Crippen LogP contribution in [0.2, 0.25) is 0 Å². The van der Waals surface area contributed by atoms with E-state index in [0.717, 1.165) is 25.6 Å². The summed E-state index contributed by atoms with van der Waals surface area (Å²) in [6.45, 7) is 0.534. The standard InChI is InChI=1S/C25H19BrINO4/c1-30-23-14-17(7-10-22(23)31-12-11-16-5-3-2-4-6-16)13-21-25(29)32-24(28-21)18-8-9-20(27)19(26)15-18/h2-10,13-15H,11-12H2,1H3/b21-13-. The van der Waals surface area contributed by atoms with Gasteiger partial charge in [0.2, 0.25) is 5.90 Å². The third-order valence-corrected chi connectivity index (χ3v) is 7.11. The first-order valence-electron chi connectivity index (χ1n) is 9.86. The molecule has 0 aliphatic carbocycles. The van der Waals surface area contributed by atoms with Crippen molar-refractivity contribution in [2.45, 2.75) is 6.42 Å². The van der Waals surface area contributed by atoms with Gasteiger partial charge in [-0.3, -0.25) is 0 Å².